The number of amides is 1. The van der Waals surface area contributed by atoms with Crippen LogP contribution >= 0.6 is 11.6 Å². The van der Waals surface area contributed by atoms with E-state index < -0.39 is 6.10 Å². The van der Waals surface area contributed by atoms with Gasteiger partial charge in [0.05, 0.1) is 18.2 Å². The van der Waals surface area contributed by atoms with Crippen LogP contribution in [0.2, 0.25) is 5.02 Å². The molecule has 2 atom stereocenters. The van der Waals surface area contributed by atoms with Crippen molar-refractivity contribution in [2.24, 2.45) is 0 Å². The molecule has 4 aromatic carbocycles. The van der Waals surface area contributed by atoms with Gasteiger partial charge in [-0.1, -0.05) is 66.2 Å². The highest BCUT2D eigenvalue weighted by Gasteiger charge is 2.23. The molecule has 1 heterocycles. The maximum Gasteiger partial charge on any atom is 0.253 e. The zero-order valence-corrected chi connectivity index (χ0v) is 25.6. The second-order valence-electron chi connectivity index (χ2n) is 11.0. The number of hydrogen-bond acceptors (Lipinski definition) is 6. The standard InChI is InChI=1S/C36H36ClN3O4/c1-39(2)36(43)28-13-16-33-32(21-28)35(17-18-38-33)44-31-14-11-25(12-15-31)19-30(24-41)40(22-26-7-4-3-5-8-26)23-34(42)27-9-6-10-29(37)20-27/h3-18,20-21,30,34,41-42H,19,22-24H2,1-2H3/t30-,34+/m0/s1. The minimum Gasteiger partial charge on any atom is -0.457 e. The number of aliphatic hydroxyl groups is 2. The van der Waals surface area contributed by atoms with Crippen LogP contribution in [-0.4, -0.2) is 64.2 Å². The quantitative estimate of drug-likeness (QED) is 0.167. The Morgan fingerprint density at radius 2 is 1.68 bits per heavy atom. The van der Waals surface area contributed by atoms with E-state index in [1.54, 1.807) is 50.6 Å². The topological polar surface area (TPSA) is 86.1 Å². The van der Waals surface area contributed by atoms with E-state index >= 15 is 0 Å². The van der Waals surface area contributed by atoms with Gasteiger partial charge in [-0.25, -0.2) is 0 Å². The summed E-state index contributed by atoms with van der Waals surface area (Å²) in [6.45, 7) is 0.817. The fraction of sp³-hybridized carbons (Fsp3) is 0.222. The van der Waals surface area contributed by atoms with Crippen molar-refractivity contribution >= 4 is 28.4 Å². The average molecular weight is 610 g/mol. The van der Waals surface area contributed by atoms with E-state index in [9.17, 15) is 15.0 Å². The molecule has 1 aromatic heterocycles. The summed E-state index contributed by atoms with van der Waals surface area (Å²) in [7, 11) is 3.44. The van der Waals surface area contributed by atoms with E-state index in [4.69, 9.17) is 16.3 Å². The highest BCUT2D eigenvalue weighted by atomic mass is 35.5. The SMILES string of the molecule is CN(C)C(=O)c1ccc2nccc(Oc3ccc(C[C@@H](CO)N(Cc4ccccc4)C[C@@H](O)c4cccc(Cl)c4)cc3)c2c1. The molecule has 1 amide bonds. The number of rotatable bonds is 12. The van der Waals surface area contributed by atoms with E-state index in [0.717, 1.165) is 27.6 Å². The van der Waals surface area contributed by atoms with E-state index in [-0.39, 0.29) is 18.6 Å². The summed E-state index contributed by atoms with van der Waals surface area (Å²) in [5.74, 6) is 1.16. The van der Waals surface area contributed by atoms with Crippen molar-refractivity contribution < 1.29 is 19.7 Å². The summed E-state index contributed by atoms with van der Waals surface area (Å²) in [4.78, 5) is 20.6. The fourth-order valence-electron chi connectivity index (χ4n) is 5.21. The van der Waals surface area contributed by atoms with Crippen molar-refractivity contribution in [1.29, 1.82) is 0 Å². The summed E-state index contributed by atoms with van der Waals surface area (Å²) in [6.07, 6.45) is 1.48. The van der Waals surface area contributed by atoms with Crippen molar-refractivity contribution in [2.75, 3.05) is 27.2 Å². The number of aromatic nitrogens is 1. The number of nitrogens with zero attached hydrogens (tertiary/aromatic N) is 3. The highest BCUT2D eigenvalue weighted by Crippen LogP contribution is 2.30. The number of aliphatic hydroxyl groups excluding tert-OH is 2. The maximum atomic E-state index is 12.5. The van der Waals surface area contributed by atoms with Crippen LogP contribution in [0.25, 0.3) is 10.9 Å². The fourth-order valence-corrected chi connectivity index (χ4v) is 5.40. The molecule has 0 radical (unpaired) electrons. The molecule has 5 aromatic rings. The number of benzene rings is 4. The first-order valence-corrected chi connectivity index (χ1v) is 14.9. The van der Waals surface area contributed by atoms with Gasteiger partial charge in [-0.2, -0.15) is 0 Å². The molecule has 0 aliphatic carbocycles. The Labute approximate surface area is 262 Å². The average Bonchev–Trinajstić information content (AvgIpc) is 3.04. The molecular formula is C36H36ClN3O4. The molecule has 0 saturated heterocycles. The predicted molar refractivity (Wildman–Crippen MR) is 174 cm³/mol. The molecule has 7 nitrogen and oxygen atoms in total. The zero-order valence-electron chi connectivity index (χ0n) is 24.8. The summed E-state index contributed by atoms with van der Waals surface area (Å²) in [5, 5.41) is 22.9. The second kappa shape index (κ2) is 14.5. The Bertz CT molecular complexity index is 1700. The van der Waals surface area contributed by atoms with Crippen LogP contribution in [0.4, 0.5) is 0 Å². The van der Waals surface area contributed by atoms with Crippen LogP contribution in [0.3, 0.4) is 0 Å². The molecular weight excluding hydrogens is 574 g/mol. The molecule has 44 heavy (non-hydrogen) atoms. The zero-order chi connectivity index (χ0) is 31.1. The van der Waals surface area contributed by atoms with Crippen LogP contribution in [0.15, 0.2) is 109 Å². The number of carbonyl (C=O) groups excluding carboxylic acids is 1. The van der Waals surface area contributed by atoms with Crippen molar-refractivity contribution in [3.8, 4) is 11.5 Å². The normalized spacial score (nSPS) is 12.7. The van der Waals surface area contributed by atoms with Gasteiger partial charge in [0, 0.05) is 55.4 Å². The van der Waals surface area contributed by atoms with E-state index in [2.05, 4.69) is 9.88 Å². The van der Waals surface area contributed by atoms with Gasteiger partial charge < -0.3 is 19.8 Å². The highest BCUT2D eigenvalue weighted by molar-refractivity contribution is 6.30. The number of ether oxygens (including phenoxy) is 1. The summed E-state index contributed by atoms with van der Waals surface area (Å²) in [6, 6.07) is 32.0. The van der Waals surface area contributed by atoms with Gasteiger partial charge in [-0.05, 0) is 71.6 Å². The number of carbonyl (C=O) groups is 1. The van der Waals surface area contributed by atoms with E-state index in [1.807, 2.05) is 72.8 Å². The molecule has 0 unspecified atom stereocenters. The van der Waals surface area contributed by atoms with Gasteiger partial charge in [0.1, 0.15) is 11.5 Å². The molecule has 0 aliphatic heterocycles. The van der Waals surface area contributed by atoms with Crippen molar-refractivity contribution in [2.45, 2.75) is 25.1 Å². The van der Waals surface area contributed by atoms with Crippen LogP contribution in [0.5, 0.6) is 11.5 Å². The Morgan fingerprint density at radius 3 is 2.39 bits per heavy atom. The Balaban J connectivity index is 1.33. The van der Waals surface area contributed by atoms with Crippen molar-refractivity contribution in [3.63, 3.8) is 0 Å². The lowest BCUT2D eigenvalue weighted by atomic mass is 10.0. The molecule has 0 aliphatic rings. The van der Waals surface area contributed by atoms with Crippen LogP contribution in [0.1, 0.15) is 33.2 Å². The van der Waals surface area contributed by atoms with Crippen LogP contribution in [0, 0.1) is 0 Å². The first kappa shape index (κ1) is 31.2. The Morgan fingerprint density at radius 1 is 0.909 bits per heavy atom. The Hall–Kier alpha value is -4.27. The lowest BCUT2D eigenvalue weighted by Gasteiger charge is -2.32. The van der Waals surface area contributed by atoms with Crippen molar-refractivity contribution in [1.82, 2.24) is 14.8 Å². The minimum absolute atomic E-state index is 0.0790. The van der Waals surface area contributed by atoms with Crippen molar-refractivity contribution in [3.05, 3.63) is 137 Å². The first-order valence-electron chi connectivity index (χ1n) is 14.5. The third-order valence-corrected chi connectivity index (χ3v) is 7.81. The molecule has 226 valence electrons. The van der Waals surface area contributed by atoms with E-state index in [1.165, 1.54) is 4.90 Å². The summed E-state index contributed by atoms with van der Waals surface area (Å²) >= 11 is 6.18. The smallest absolute Gasteiger partial charge is 0.253 e. The number of fused-ring (bicyclic) bond motifs is 1. The summed E-state index contributed by atoms with van der Waals surface area (Å²) < 4.78 is 6.24. The summed E-state index contributed by atoms with van der Waals surface area (Å²) in [5.41, 5.74) is 4.14. The predicted octanol–water partition coefficient (Wildman–Crippen LogP) is 6.52. The van der Waals surface area contributed by atoms with Crippen LogP contribution in [-0.2, 0) is 13.0 Å². The number of halogens is 1. The van der Waals surface area contributed by atoms with E-state index in [0.29, 0.717) is 41.6 Å². The Kier molecular flexibility index (Phi) is 10.2. The third-order valence-electron chi connectivity index (χ3n) is 7.57. The first-order chi connectivity index (χ1) is 21.3. The second-order valence-corrected chi connectivity index (χ2v) is 11.4. The van der Waals surface area contributed by atoms with Gasteiger partial charge in [0.25, 0.3) is 5.91 Å². The van der Waals surface area contributed by atoms with Gasteiger partial charge in [-0.15, -0.1) is 0 Å². The number of hydrogen-bond donors (Lipinski definition) is 2. The van der Waals surface area contributed by atoms with Gasteiger partial charge >= 0.3 is 0 Å². The van der Waals surface area contributed by atoms with Crippen LogP contribution < -0.4 is 4.74 Å². The van der Waals surface area contributed by atoms with Gasteiger partial charge in [-0.3, -0.25) is 14.7 Å². The maximum absolute atomic E-state index is 12.5. The largest absolute Gasteiger partial charge is 0.457 e. The molecule has 0 fully saturated rings. The lowest BCUT2D eigenvalue weighted by Crippen LogP contribution is -2.41. The lowest BCUT2D eigenvalue weighted by molar-refractivity contribution is 0.0566. The van der Waals surface area contributed by atoms with Gasteiger partial charge in [0.15, 0.2) is 0 Å². The van der Waals surface area contributed by atoms with Gasteiger partial charge in [0.2, 0.25) is 0 Å². The minimum atomic E-state index is -0.772. The molecule has 0 bridgehead atoms. The molecule has 5 rings (SSSR count). The monoisotopic (exact) mass is 609 g/mol. The molecule has 0 saturated carbocycles. The molecule has 0 spiro atoms. The third kappa shape index (κ3) is 7.81. The molecule has 2 N–H and O–H groups in total. The molecule has 8 heteroatoms. The number of pyridine rings is 1.